The summed E-state index contributed by atoms with van der Waals surface area (Å²) in [7, 11) is -9.87. The third-order valence-electron chi connectivity index (χ3n) is 14.5. The Hall–Kier alpha value is -1.94. The molecule has 82 heavy (non-hydrogen) atoms. The van der Waals surface area contributed by atoms with Crippen molar-refractivity contribution in [2.24, 2.45) is 5.92 Å². The van der Waals surface area contributed by atoms with Gasteiger partial charge in [0.15, 0.2) is 12.2 Å². The van der Waals surface area contributed by atoms with E-state index in [1.807, 2.05) is 0 Å². The molecule has 0 amide bonds. The quantitative estimate of drug-likeness (QED) is 0.0222. The number of hydrogen-bond donors (Lipinski definition) is 3. The highest BCUT2D eigenvalue weighted by Crippen LogP contribution is 2.45. The van der Waals surface area contributed by atoms with Crippen LogP contribution in [-0.2, 0) is 65.4 Å². The van der Waals surface area contributed by atoms with Crippen molar-refractivity contribution in [3.63, 3.8) is 0 Å². The molecule has 0 aliphatic rings. The summed E-state index contributed by atoms with van der Waals surface area (Å²) >= 11 is 0. The fourth-order valence-corrected chi connectivity index (χ4v) is 11.0. The molecule has 2 unspecified atom stereocenters. The van der Waals surface area contributed by atoms with Gasteiger partial charge in [-0.3, -0.25) is 37.3 Å². The highest BCUT2D eigenvalue weighted by Gasteiger charge is 2.30. The van der Waals surface area contributed by atoms with E-state index in [1.165, 1.54) is 116 Å². The van der Waals surface area contributed by atoms with E-state index in [4.69, 9.17) is 37.0 Å². The zero-order valence-corrected chi connectivity index (χ0v) is 54.4. The van der Waals surface area contributed by atoms with Crippen molar-refractivity contribution >= 4 is 39.5 Å². The maximum atomic E-state index is 12.9. The summed E-state index contributed by atoms with van der Waals surface area (Å²) in [5.41, 5.74) is 0. The Morgan fingerprint density at radius 1 is 0.329 bits per heavy atom. The fourth-order valence-electron chi connectivity index (χ4n) is 9.41. The van der Waals surface area contributed by atoms with Gasteiger partial charge in [0.25, 0.3) is 0 Å². The lowest BCUT2D eigenvalue weighted by atomic mass is 10.0. The lowest BCUT2D eigenvalue weighted by Gasteiger charge is -2.21. The molecule has 19 heteroatoms. The molecule has 0 aliphatic carbocycles. The van der Waals surface area contributed by atoms with Crippen LogP contribution in [0.25, 0.3) is 0 Å². The van der Waals surface area contributed by atoms with Crippen LogP contribution >= 0.6 is 15.6 Å². The summed E-state index contributed by atoms with van der Waals surface area (Å²) in [6, 6.07) is 0. The third-order valence-corrected chi connectivity index (χ3v) is 16.4. The van der Waals surface area contributed by atoms with Crippen molar-refractivity contribution in [1.29, 1.82) is 0 Å². The Labute approximate surface area is 498 Å². The fraction of sp³-hybridized carbons (Fsp3) is 0.937. The van der Waals surface area contributed by atoms with Crippen LogP contribution in [0.15, 0.2) is 0 Å². The highest BCUT2D eigenvalue weighted by molar-refractivity contribution is 7.47. The summed E-state index contributed by atoms with van der Waals surface area (Å²) in [6.07, 6.45) is 40.6. The smallest absolute Gasteiger partial charge is 0.462 e. The highest BCUT2D eigenvalue weighted by atomic mass is 31.2. The van der Waals surface area contributed by atoms with Crippen LogP contribution in [0.1, 0.15) is 317 Å². The first-order valence-corrected chi connectivity index (χ1v) is 36.1. The van der Waals surface area contributed by atoms with Crippen LogP contribution in [0.4, 0.5) is 0 Å². The number of rotatable bonds is 63. The van der Waals surface area contributed by atoms with Crippen molar-refractivity contribution in [2.75, 3.05) is 39.6 Å². The SMILES string of the molecule is CCCCCCCCCCC(=O)OC[C@H](COP(=O)(O)OC[C@@H](O)COP(=O)(O)OC[C@@H](COC(=O)CCCCCCCCC)OC(=O)CCCCCCCCCC)OC(=O)CCCCCCCCCCCCCCCCCCC(C)C. The van der Waals surface area contributed by atoms with Gasteiger partial charge in [0.1, 0.15) is 19.3 Å². The molecule has 0 radical (unpaired) electrons. The van der Waals surface area contributed by atoms with E-state index < -0.39 is 97.5 Å². The molecular formula is C63H122O17P2. The van der Waals surface area contributed by atoms with E-state index in [0.717, 1.165) is 121 Å². The van der Waals surface area contributed by atoms with Crippen molar-refractivity contribution in [3.05, 3.63) is 0 Å². The zero-order valence-electron chi connectivity index (χ0n) is 52.6. The summed E-state index contributed by atoms with van der Waals surface area (Å²) in [4.78, 5) is 71.9. The summed E-state index contributed by atoms with van der Waals surface area (Å²) in [6.45, 7) is 7.12. The minimum Gasteiger partial charge on any atom is -0.462 e. The number of hydrogen-bond acceptors (Lipinski definition) is 15. The van der Waals surface area contributed by atoms with Gasteiger partial charge < -0.3 is 33.8 Å². The molecule has 0 bridgehead atoms. The first-order chi connectivity index (χ1) is 39.5. The van der Waals surface area contributed by atoms with E-state index in [9.17, 15) is 43.2 Å². The number of esters is 4. The first kappa shape index (κ1) is 80.1. The monoisotopic (exact) mass is 1210 g/mol. The van der Waals surface area contributed by atoms with Gasteiger partial charge in [0.05, 0.1) is 26.4 Å². The Morgan fingerprint density at radius 3 is 0.829 bits per heavy atom. The molecule has 0 aromatic rings. The third kappa shape index (κ3) is 57.2. The van der Waals surface area contributed by atoms with Crippen molar-refractivity contribution in [3.8, 4) is 0 Å². The number of aliphatic hydroxyl groups excluding tert-OH is 1. The minimum atomic E-state index is -4.94. The molecule has 0 aliphatic heterocycles. The van der Waals surface area contributed by atoms with Gasteiger partial charge in [-0.15, -0.1) is 0 Å². The molecule has 0 spiro atoms. The van der Waals surface area contributed by atoms with Gasteiger partial charge >= 0.3 is 39.5 Å². The second-order valence-electron chi connectivity index (χ2n) is 23.3. The largest absolute Gasteiger partial charge is 0.472 e. The number of aliphatic hydroxyl groups is 1. The molecule has 0 fully saturated rings. The van der Waals surface area contributed by atoms with E-state index >= 15 is 0 Å². The lowest BCUT2D eigenvalue weighted by Crippen LogP contribution is -2.30. The maximum absolute atomic E-state index is 12.9. The molecular weight excluding hydrogens is 1090 g/mol. The van der Waals surface area contributed by atoms with E-state index in [0.29, 0.717) is 25.7 Å². The number of phosphoric acid groups is 2. The maximum Gasteiger partial charge on any atom is 0.472 e. The van der Waals surface area contributed by atoms with Gasteiger partial charge in [0.2, 0.25) is 0 Å². The van der Waals surface area contributed by atoms with Crippen LogP contribution in [0.3, 0.4) is 0 Å². The minimum absolute atomic E-state index is 0.105. The van der Waals surface area contributed by atoms with Gasteiger partial charge in [-0.2, -0.15) is 0 Å². The molecule has 0 aromatic carbocycles. The predicted molar refractivity (Wildman–Crippen MR) is 326 cm³/mol. The molecule has 0 aromatic heterocycles. The standard InChI is InChI=1S/C63H122O17P2/c1-6-9-12-15-18-32-37-42-47-61(66)74-53-59(80-63(68)49-44-39-34-29-27-25-23-21-20-22-24-26-28-31-35-40-45-56(4)5)55-78-82(71,72)76-51-57(64)50-75-81(69,70)77-54-58(52-73-60(65)46-41-36-30-17-14-11-8-3)79-62(67)48-43-38-33-19-16-13-10-7-2/h56-59,64H,6-55H2,1-5H3,(H,69,70)(H,71,72)/t57-,58+,59+/m0/s1. The van der Waals surface area contributed by atoms with Crippen molar-refractivity contribution in [2.45, 2.75) is 335 Å². The predicted octanol–water partition coefficient (Wildman–Crippen LogP) is 17.4. The number of carbonyl (C=O) groups is 4. The van der Waals surface area contributed by atoms with Crippen LogP contribution in [0.5, 0.6) is 0 Å². The number of phosphoric ester groups is 2. The molecule has 3 N–H and O–H groups in total. The molecule has 486 valence electrons. The summed E-state index contributed by atoms with van der Waals surface area (Å²) < 4.78 is 67.7. The van der Waals surface area contributed by atoms with Crippen LogP contribution in [0, 0.1) is 5.92 Å². The Kier molecular flexibility index (Phi) is 55.5. The average molecular weight is 1210 g/mol. The van der Waals surface area contributed by atoms with Crippen LogP contribution in [-0.4, -0.2) is 96.7 Å². The Balaban J connectivity index is 5.09. The molecule has 0 saturated heterocycles. The Morgan fingerprint density at radius 2 is 0.561 bits per heavy atom. The molecule has 0 rings (SSSR count). The molecule has 17 nitrogen and oxygen atoms in total. The van der Waals surface area contributed by atoms with Gasteiger partial charge in [-0.25, -0.2) is 9.13 Å². The van der Waals surface area contributed by atoms with Crippen molar-refractivity contribution in [1.82, 2.24) is 0 Å². The normalized spacial score (nSPS) is 14.3. The van der Waals surface area contributed by atoms with Crippen LogP contribution < -0.4 is 0 Å². The number of unbranched alkanes of at least 4 members (excludes halogenated alkanes) is 35. The second kappa shape index (κ2) is 56.8. The molecule has 0 heterocycles. The second-order valence-corrected chi connectivity index (χ2v) is 26.2. The van der Waals surface area contributed by atoms with E-state index in [2.05, 4.69) is 34.6 Å². The van der Waals surface area contributed by atoms with Gasteiger partial charge in [0, 0.05) is 25.7 Å². The molecule has 5 atom stereocenters. The zero-order chi connectivity index (χ0) is 60.6. The lowest BCUT2D eigenvalue weighted by molar-refractivity contribution is -0.161. The van der Waals surface area contributed by atoms with E-state index in [-0.39, 0.29) is 25.7 Å². The van der Waals surface area contributed by atoms with Gasteiger partial charge in [-0.1, -0.05) is 266 Å². The topological polar surface area (TPSA) is 237 Å². The van der Waals surface area contributed by atoms with Crippen molar-refractivity contribution < 1.29 is 80.2 Å². The number of ether oxygens (including phenoxy) is 4. The summed E-state index contributed by atoms with van der Waals surface area (Å²) in [5.74, 6) is -1.33. The first-order valence-electron chi connectivity index (χ1n) is 33.1. The average Bonchev–Trinajstić information content (AvgIpc) is 3.45. The Bertz CT molecular complexity index is 1600. The van der Waals surface area contributed by atoms with Gasteiger partial charge in [-0.05, 0) is 31.6 Å². The van der Waals surface area contributed by atoms with Crippen LogP contribution in [0.2, 0.25) is 0 Å². The number of carbonyl (C=O) groups excluding carboxylic acids is 4. The summed E-state index contributed by atoms with van der Waals surface area (Å²) in [5, 5.41) is 10.5. The molecule has 0 saturated carbocycles. The van der Waals surface area contributed by atoms with E-state index in [1.54, 1.807) is 0 Å².